The molecule has 2 aromatic heterocycles. The normalized spacial score (nSPS) is 14.1. The van der Waals surface area contributed by atoms with E-state index in [2.05, 4.69) is 19.9 Å². The van der Waals surface area contributed by atoms with Crippen molar-refractivity contribution in [2.24, 2.45) is 12.8 Å². The van der Waals surface area contributed by atoms with Crippen molar-refractivity contribution in [1.82, 2.24) is 24.5 Å². The highest BCUT2D eigenvalue weighted by molar-refractivity contribution is 5.93. The van der Waals surface area contributed by atoms with Crippen LogP contribution in [0.2, 0.25) is 0 Å². The predicted molar refractivity (Wildman–Crippen MR) is 88.8 cm³/mol. The van der Waals surface area contributed by atoms with Crippen molar-refractivity contribution in [3.63, 3.8) is 0 Å². The van der Waals surface area contributed by atoms with E-state index in [1.165, 1.54) is 12.8 Å². The lowest BCUT2D eigenvalue weighted by molar-refractivity contribution is 0.100. The second-order valence-electron chi connectivity index (χ2n) is 6.25. The Morgan fingerprint density at radius 2 is 2.12 bits per heavy atom. The number of hydrogen-bond acceptors (Lipinski definition) is 4. The van der Waals surface area contributed by atoms with Gasteiger partial charge in [-0.3, -0.25) is 4.79 Å². The number of carbonyl (C=O) groups is 1. The van der Waals surface area contributed by atoms with E-state index in [0.717, 1.165) is 28.5 Å². The molecule has 3 aromatic rings. The maximum atomic E-state index is 11.4. The number of aromatic nitrogens is 5. The predicted octanol–water partition coefficient (Wildman–Crippen LogP) is 1.95. The van der Waals surface area contributed by atoms with Crippen molar-refractivity contribution in [2.45, 2.75) is 25.7 Å². The average molecular weight is 322 g/mol. The highest BCUT2D eigenvalue weighted by atomic mass is 16.1. The van der Waals surface area contributed by atoms with Gasteiger partial charge in [-0.05, 0) is 37.5 Å². The molecule has 0 aliphatic heterocycles. The lowest BCUT2D eigenvalue weighted by Gasteiger charge is -2.06. The number of amides is 1. The minimum atomic E-state index is -0.461. The highest BCUT2D eigenvalue weighted by Crippen LogP contribution is 2.40. The number of aryl methyl sites for hydroxylation is 1. The van der Waals surface area contributed by atoms with Crippen LogP contribution in [0.5, 0.6) is 0 Å². The Morgan fingerprint density at radius 3 is 2.83 bits per heavy atom. The van der Waals surface area contributed by atoms with Gasteiger partial charge in [-0.2, -0.15) is 0 Å². The maximum Gasteiger partial charge on any atom is 0.248 e. The summed E-state index contributed by atoms with van der Waals surface area (Å²) < 4.78 is 3.75. The molecule has 122 valence electrons. The Morgan fingerprint density at radius 1 is 1.33 bits per heavy atom. The molecule has 0 bridgehead atoms. The first-order valence-electron chi connectivity index (χ1n) is 7.90. The molecular weight excluding hydrogens is 304 g/mol. The van der Waals surface area contributed by atoms with E-state index in [0.29, 0.717) is 11.5 Å². The first-order chi connectivity index (χ1) is 11.5. The summed E-state index contributed by atoms with van der Waals surface area (Å²) in [5.41, 5.74) is 9.28. The number of hydrogen-bond donors (Lipinski definition) is 1. The third kappa shape index (κ3) is 2.38. The van der Waals surface area contributed by atoms with Crippen molar-refractivity contribution in [2.75, 3.05) is 0 Å². The summed E-state index contributed by atoms with van der Waals surface area (Å²) in [6.07, 6.45) is 6.10. The molecule has 0 atom stereocenters. The van der Waals surface area contributed by atoms with Gasteiger partial charge >= 0.3 is 0 Å². The van der Waals surface area contributed by atoms with Crippen molar-refractivity contribution < 1.29 is 4.79 Å². The second-order valence-corrected chi connectivity index (χ2v) is 6.25. The Kier molecular flexibility index (Phi) is 3.23. The van der Waals surface area contributed by atoms with Crippen LogP contribution in [0.25, 0.3) is 17.1 Å². The Hall–Kier alpha value is -2.96. The number of primary amides is 1. The van der Waals surface area contributed by atoms with Gasteiger partial charge in [-0.25, -0.2) is 9.67 Å². The van der Waals surface area contributed by atoms with Gasteiger partial charge in [0.2, 0.25) is 5.91 Å². The lowest BCUT2D eigenvalue weighted by atomic mass is 10.1. The van der Waals surface area contributed by atoms with E-state index in [1.807, 2.05) is 32.4 Å². The number of nitrogens with zero attached hydrogens (tertiary/aromatic N) is 5. The molecule has 1 aromatic carbocycles. The summed E-state index contributed by atoms with van der Waals surface area (Å²) in [4.78, 5) is 15.9. The molecule has 1 aliphatic carbocycles. The van der Waals surface area contributed by atoms with Crippen LogP contribution in [0.1, 0.15) is 40.5 Å². The topological polar surface area (TPSA) is 91.6 Å². The highest BCUT2D eigenvalue weighted by Gasteiger charge is 2.28. The molecule has 2 N–H and O–H groups in total. The summed E-state index contributed by atoms with van der Waals surface area (Å²) in [5, 5.41) is 8.48. The number of carbonyl (C=O) groups excluding carboxylic acids is 1. The van der Waals surface area contributed by atoms with Gasteiger partial charge < -0.3 is 10.3 Å². The summed E-state index contributed by atoms with van der Waals surface area (Å²) in [7, 11) is 2.01. The first-order valence-corrected chi connectivity index (χ1v) is 7.90. The summed E-state index contributed by atoms with van der Waals surface area (Å²) in [6, 6.07) is 5.29. The summed E-state index contributed by atoms with van der Waals surface area (Å²) in [5.74, 6) is 1.22. The van der Waals surface area contributed by atoms with Gasteiger partial charge in [0.05, 0.1) is 23.8 Å². The van der Waals surface area contributed by atoms with E-state index in [9.17, 15) is 4.79 Å². The van der Waals surface area contributed by atoms with Gasteiger partial charge in [0.25, 0.3) is 0 Å². The van der Waals surface area contributed by atoms with Crippen LogP contribution < -0.4 is 5.73 Å². The van der Waals surface area contributed by atoms with Crippen molar-refractivity contribution in [1.29, 1.82) is 0 Å². The molecule has 4 rings (SSSR count). The molecule has 1 aliphatic rings. The molecule has 1 saturated carbocycles. The molecule has 2 heterocycles. The number of nitrogens with two attached hydrogens (primary N) is 1. The minimum Gasteiger partial charge on any atom is -0.366 e. The quantitative estimate of drug-likeness (QED) is 0.794. The van der Waals surface area contributed by atoms with Crippen LogP contribution in [0.15, 0.2) is 30.6 Å². The van der Waals surface area contributed by atoms with Gasteiger partial charge in [-0.15, -0.1) is 5.10 Å². The van der Waals surface area contributed by atoms with E-state index >= 15 is 0 Å². The van der Waals surface area contributed by atoms with Crippen LogP contribution in [-0.2, 0) is 7.05 Å². The first kappa shape index (κ1) is 14.6. The molecule has 0 radical (unpaired) electrons. The number of rotatable bonds is 4. The molecule has 0 spiro atoms. The summed E-state index contributed by atoms with van der Waals surface area (Å²) in [6.45, 7) is 1.96. The molecule has 24 heavy (non-hydrogen) atoms. The van der Waals surface area contributed by atoms with Crippen LogP contribution in [0.3, 0.4) is 0 Å². The van der Waals surface area contributed by atoms with Crippen molar-refractivity contribution in [3.8, 4) is 17.1 Å². The van der Waals surface area contributed by atoms with Gasteiger partial charge in [0.1, 0.15) is 11.5 Å². The smallest absolute Gasteiger partial charge is 0.248 e. The van der Waals surface area contributed by atoms with E-state index < -0.39 is 5.91 Å². The fourth-order valence-corrected chi connectivity index (χ4v) is 2.89. The van der Waals surface area contributed by atoms with Gasteiger partial charge in [0, 0.05) is 18.5 Å². The molecule has 0 unspecified atom stereocenters. The Labute approximate surface area is 139 Å². The van der Waals surface area contributed by atoms with Crippen LogP contribution in [0.4, 0.5) is 0 Å². The van der Waals surface area contributed by atoms with E-state index in [-0.39, 0.29) is 0 Å². The van der Waals surface area contributed by atoms with E-state index in [1.54, 1.807) is 16.8 Å². The Bertz CT molecular complexity index is 934. The lowest BCUT2D eigenvalue weighted by Crippen LogP contribution is -2.12. The van der Waals surface area contributed by atoms with Crippen molar-refractivity contribution >= 4 is 5.91 Å². The van der Waals surface area contributed by atoms with E-state index in [4.69, 9.17) is 5.73 Å². The zero-order valence-electron chi connectivity index (χ0n) is 13.6. The maximum absolute atomic E-state index is 11.4. The molecule has 0 saturated heterocycles. The van der Waals surface area contributed by atoms with Gasteiger partial charge in [0.15, 0.2) is 0 Å². The summed E-state index contributed by atoms with van der Waals surface area (Å²) >= 11 is 0. The number of benzene rings is 1. The third-order valence-corrected chi connectivity index (χ3v) is 4.46. The number of imidazole rings is 1. The standard InChI is InChI=1S/C17H18N6O/c1-10-3-4-12(16(18)24)7-14(10)23-9-13(20-21-23)15-8-19-17(22(15)2)11-5-6-11/h3-4,7-9,11H,5-6H2,1-2H3,(H2,18,24). The Balaban J connectivity index is 1.73. The second kappa shape index (κ2) is 5.30. The molecule has 1 fully saturated rings. The minimum absolute atomic E-state index is 0.448. The van der Waals surface area contributed by atoms with Crippen LogP contribution in [0, 0.1) is 6.92 Å². The monoisotopic (exact) mass is 322 g/mol. The fourth-order valence-electron chi connectivity index (χ4n) is 2.89. The van der Waals surface area contributed by atoms with Crippen LogP contribution >= 0.6 is 0 Å². The fraction of sp³-hybridized carbons (Fsp3) is 0.294. The zero-order valence-corrected chi connectivity index (χ0v) is 13.6. The molecule has 7 nitrogen and oxygen atoms in total. The average Bonchev–Trinajstić information content (AvgIpc) is 3.15. The third-order valence-electron chi connectivity index (χ3n) is 4.46. The zero-order chi connectivity index (χ0) is 16.8. The molecule has 7 heteroatoms. The molecule has 1 amide bonds. The largest absolute Gasteiger partial charge is 0.366 e. The SMILES string of the molecule is Cc1ccc(C(N)=O)cc1-n1cc(-c2cnc(C3CC3)n2C)nn1. The van der Waals surface area contributed by atoms with Gasteiger partial charge in [-0.1, -0.05) is 11.3 Å². The van der Waals surface area contributed by atoms with Crippen LogP contribution in [-0.4, -0.2) is 30.5 Å². The van der Waals surface area contributed by atoms with Crippen molar-refractivity contribution in [3.05, 3.63) is 47.5 Å². The molecular formula is C17H18N6O.